The van der Waals surface area contributed by atoms with Gasteiger partial charge in [-0.25, -0.2) is 21.2 Å². The number of aryl methyl sites for hydroxylation is 1. The molecule has 0 aliphatic rings. The number of ether oxygens (including phenoxy) is 1. The van der Waals surface area contributed by atoms with Crippen molar-refractivity contribution in [2.75, 3.05) is 28.0 Å². The topological polar surface area (TPSA) is 122 Å². The Hall–Kier alpha value is -4.13. The van der Waals surface area contributed by atoms with E-state index in [9.17, 15) is 26.0 Å². The second kappa shape index (κ2) is 12.2. The van der Waals surface area contributed by atoms with Crippen LogP contribution in [0, 0.1) is 12.7 Å². The zero-order valence-corrected chi connectivity index (χ0v) is 24.2. The number of methoxy groups -OCH3 is 1. The van der Waals surface area contributed by atoms with Gasteiger partial charge >= 0.3 is 0 Å². The van der Waals surface area contributed by atoms with Gasteiger partial charge < -0.3 is 10.1 Å². The van der Waals surface area contributed by atoms with Crippen molar-refractivity contribution in [1.82, 2.24) is 0 Å². The number of rotatable bonds is 10. The summed E-state index contributed by atoms with van der Waals surface area (Å²) in [6, 6.07) is 20.4. The Morgan fingerprint density at radius 2 is 1.49 bits per heavy atom. The zero-order valence-electron chi connectivity index (χ0n) is 21.8. The number of carbonyl (C=O) groups excluding carboxylic acids is 1. The highest BCUT2D eigenvalue weighted by molar-refractivity contribution is 7.93. The second-order valence-corrected chi connectivity index (χ2v) is 12.8. The van der Waals surface area contributed by atoms with Crippen LogP contribution in [0.15, 0.2) is 101 Å². The van der Waals surface area contributed by atoms with Crippen LogP contribution in [0.1, 0.15) is 5.56 Å². The van der Waals surface area contributed by atoms with Crippen molar-refractivity contribution >= 4 is 54.6 Å². The molecule has 4 aromatic carbocycles. The molecule has 0 spiro atoms. The standard InChI is InChI=1S/C28H25ClFN3O6S2/c1-19-3-4-20(29)17-27(19)32-40(35,36)25-13-7-22(8-14-25)31-28(34)18-33(23-9-5-21(30)6-10-23)41(37,38)26-15-11-24(39-2)12-16-26/h3-17,32H,18H2,1-2H3,(H,31,34). The van der Waals surface area contributed by atoms with E-state index in [1.807, 2.05) is 0 Å². The van der Waals surface area contributed by atoms with Gasteiger partial charge in [0.25, 0.3) is 20.0 Å². The minimum Gasteiger partial charge on any atom is -0.497 e. The lowest BCUT2D eigenvalue weighted by Crippen LogP contribution is -2.38. The molecule has 41 heavy (non-hydrogen) atoms. The average molecular weight is 618 g/mol. The maximum absolute atomic E-state index is 13.6. The fourth-order valence-corrected chi connectivity index (χ4v) is 6.47. The van der Waals surface area contributed by atoms with E-state index in [0.29, 0.717) is 22.0 Å². The molecule has 0 atom stereocenters. The van der Waals surface area contributed by atoms with E-state index in [0.717, 1.165) is 16.4 Å². The lowest BCUT2D eigenvalue weighted by atomic mass is 10.2. The molecule has 0 saturated heterocycles. The molecule has 0 radical (unpaired) electrons. The second-order valence-electron chi connectivity index (χ2n) is 8.80. The van der Waals surface area contributed by atoms with E-state index >= 15 is 0 Å². The smallest absolute Gasteiger partial charge is 0.264 e. The van der Waals surface area contributed by atoms with Gasteiger partial charge in [0.05, 0.1) is 28.3 Å². The lowest BCUT2D eigenvalue weighted by molar-refractivity contribution is -0.114. The Kier molecular flexibility index (Phi) is 8.86. The molecular formula is C28H25ClFN3O6S2. The van der Waals surface area contributed by atoms with Crippen molar-refractivity contribution in [3.05, 3.63) is 107 Å². The Morgan fingerprint density at radius 1 is 0.878 bits per heavy atom. The van der Waals surface area contributed by atoms with Crippen molar-refractivity contribution in [1.29, 1.82) is 0 Å². The van der Waals surface area contributed by atoms with Crippen molar-refractivity contribution in [2.24, 2.45) is 0 Å². The van der Waals surface area contributed by atoms with Crippen molar-refractivity contribution in [2.45, 2.75) is 16.7 Å². The molecule has 1 amide bonds. The van der Waals surface area contributed by atoms with Crippen LogP contribution in [0.4, 0.5) is 21.5 Å². The molecule has 0 aromatic heterocycles. The van der Waals surface area contributed by atoms with Gasteiger partial charge in [0, 0.05) is 10.7 Å². The van der Waals surface area contributed by atoms with E-state index in [1.165, 1.54) is 73.8 Å². The number of nitrogens with zero attached hydrogens (tertiary/aromatic N) is 1. The van der Waals surface area contributed by atoms with Crippen LogP contribution in [0.3, 0.4) is 0 Å². The SMILES string of the molecule is COc1ccc(S(=O)(=O)N(CC(=O)Nc2ccc(S(=O)(=O)Nc3cc(Cl)ccc3C)cc2)c2ccc(F)cc2)cc1. The fourth-order valence-electron chi connectivity index (χ4n) is 3.75. The van der Waals surface area contributed by atoms with E-state index < -0.39 is 38.3 Å². The van der Waals surface area contributed by atoms with Crippen LogP contribution in [-0.2, 0) is 24.8 Å². The molecule has 0 unspecified atom stereocenters. The van der Waals surface area contributed by atoms with Crippen molar-refractivity contribution in [3.63, 3.8) is 0 Å². The Labute approximate surface area is 242 Å². The van der Waals surface area contributed by atoms with E-state index in [1.54, 1.807) is 19.1 Å². The van der Waals surface area contributed by atoms with Gasteiger partial charge in [-0.15, -0.1) is 0 Å². The van der Waals surface area contributed by atoms with Gasteiger partial charge in [0.1, 0.15) is 18.1 Å². The van der Waals surface area contributed by atoms with Gasteiger partial charge in [-0.1, -0.05) is 17.7 Å². The number of hydrogen-bond donors (Lipinski definition) is 2. The molecule has 4 rings (SSSR count). The molecule has 4 aromatic rings. The highest BCUT2D eigenvalue weighted by Gasteiger charge is 2.27. The van der Waals surface area contributed by atoms with E-state index in [2.05, 4.69) is 10.0 Å². The zero-order chi connectivity index (χ0) is 29.8. The number of amides is 1. The number of hydrogen-bond acceptors (Lipinski definition) is 6. The molecule has 0 aliphatic carbocycles. The molecule has 214 valence electrons. The summed E-state index contributed by atoms with van der Waals surface area (Å²) in [4.78, 5) is 12.8. The molecule has 2 N–H and O–H groups in total. The minimum absolute atomic E-state index is 0.0649. The summed E-state index contributed by atoms with van der Waals surface area (Å²) < 4.78 is 74.7. The molecule has 0 bridgehead atoms. The van der Waals surface area contributed by atoms with Crippen LogP contribution in [0.5, 0.6) is 5.75 Å². The van der Waals surface area contributed by atoms with Crippen molar-refractivity contribution < 1.29 is 30.8 Å². The third-order valence-corrected chi connectivity index (χ3v) is 9.35. The van der Waals surface area contributed by atoms with Crippen LogP contribution in [-0.4, -0.2) is 36.4 Å². The quantitative estimate of drug-likeness (QED) is 0.245. The largest absolute Gasteiger partial charge is 0.497 e. The third kappa shape index (κ3) is 7.15. The first-order valence-electron chi connectivity index (χ1n) is 12.0. The van der Waals surface area contributed by atoms with Gasteiger partial charge in [-0.2, -0.15) is 0 Å². The summed E-state index contributed by atoms with van der Waals surface area (Å²) in [7, 11) is -6.76. The summed E-state index contributed by atoms with van der Waals surface area (Å²) in [5.74, 6) is -0.844. The van der Waals surface area contributed by atoms with Gasteiger partial charge in [0.15, 0.2) is 0 Å². The van der Waals surface area contributed by atoms with Crippen molar-refractivity contribution in [3.8, 4) is 5.75 Å². The molecule has 13 heteroatoms. The normalized spacial score (nSPS) is 11.5. The monoisotopic (exact) mass is 617 g/mol. The fraction of sp³-hybridized carbons (Fsp3) is 0.107. The number of halogens is 2. The van der Waals surface area contributed by atoms with Crippen LogP contribution >= 0.6 is 11.6 Å². The molecule has 0 heterocycles. The Bertz CT molecular complexity index is 1770. The predicted octanol–water partition coefficient (Wildman–Crippen LogP) is 5.43. The molecule has 0 saturated carbocycles. The Morgan fingerprint density at radius 3 is 2.10 bits per heavy atom. The summed E-state index contributed by atoms with van der Waals surface area (Å²) in [5, 5.41) is 2.94. The van der Waals surface area contributed by atoms with Crippen LogP contribution in [0.2, 0.25) is 5.02 Å². The van der Waals surface area contributed by atoms with Gasteiger partial charge in [-0.3, -0.25) is 13.8 Å². The molecule has 9 nitrogen and oxygen atoms in total. The lowest BCUT2D eigenvalue weighted by Gasteiger charge is -2.24. The summed E-state index contributed by atoms with van der Waals surface area (Å²) in [6.45, 7) is 1.09. The molecule has 0 aliphatic heterocycles. The maximum Gasteiger partial charge on any atom is 0.264 e. The van der Waals surface area contributed by atoms with E-state index in [-0.39, 0.29) is 21.2 Å². The highest BCUT2D eigenvalue weighted by atomic mass is 35.5. The highest BCUT2D eigenvalue weighted by Crippen LogP contribution is 2.27. The Balaban J connectivity index is 1.53. The number of sulfonamides is 2. The summed E-state index contributed by atoms with van der Waals surface area (Å²) >= 11 is 5.98. The summed E-state index contributed by atoms with van der Waals surface area (Å²) in [5.41, 5.74) is 1.31. The first kappa shape index (κ1) is 29.8. The third-order valence-electron chi connectivity index (χ3n) is 5.94. The number of carbonyl (C=O) groups is 1. The predicted molar refractivity (Wildman–Crippen MR) is 156 cm³/mol. The van der Waals surface area contributed by atoms with Gasteiger partial charge in [0.2, 0.25) is 5.91 Å². The molecule has 0 fully saturated rings. The first-order chi connectivity index (χ1) is 19.4. The van der Waals surface area contributed by atoms with Gasteiger partial charge in [-0.05, 0) is 97.4 Å². The van der Waals surface area contributed by atoms with Crippen LogP contribution in [0.25, 0.3) is 0 Å². The minimum atomic E-state index is -4.24. The number of benzene rings is 4. The summed E-state index contributed by atoms with van der Waals surface area (Å²) in [6.07, 6.45) is 0. The molecular weight excluding hydrogens is 593 g/mol. The number of nitrogens with one attached hydrogen (secondary N) is 2. The average Bonchev–Trinajstić information content (AvgIpc) is 2.94. The number of anilines is 3. The van der Waals surface area contributed by atoms with Crippen LogP contribution < -0.4 is 19.1 Å². The van der Waals surface area contributed by atoms with E-state index in [4.69, 9.17) is 16.3 Å². The maximum atomic E-state index is 13.6. The first-order valence-corrected chi connectivity index (χ1v) is 15.3.